The van der Waals surface area contributed by atoms with E-state index in [1.807, 2.05) is 18.0 Å². The zero-order valence-corrected chi connectivity index (χ0v) is 16.0. The van der Waals surface area contributed by atoms with Crippen LogP contribution < -0.4 is 9.80 Å². The van der Waals surface area contributed by atoms with Crippen LogP contribution in [0.5, 0.6) is 0 Å². The van der Waals surface area contributed by atoms with Gasteiger partial charge in [-0.2, -0.15) is 0 Å². The minimum atomic E-state index is 0.223. The Kier molecular flexibility index (Phi) is 5.34. The van der Waals surface area contributed by atoms with Crippen LogP contribution in [0.2, 0.25) is 0 Å². The van der Waals surface area contributed by atoms with E-state index < -0.39 is 0 Å². The number of amides is 1. The number of nitrogens with zero attached hydrogens (tertiary/aromatic N) is 4. The molecule has 6 nitrogen and oxygen atoms in total. The number of likely N-dealkylation sites (N-methyl/N-ethyl adjacent to an activating group) is 1. The summed E-state index contributed by atoms with van der Waals surface area (Å²) in [4.78, 5) is 27.1. The lowest BCUT2D eigenvalue weighted by molar-refractivity contribution is -0.892. The Hall–Kier alpha value is -2.47. The Balaban J connectivity index is 1.34. The molecule has 1 aromatic heterocycles. The molecule has 27 heavy (non-hydrogen) atoms. The molecule has 2 aromatic rings. The minimum Gasteiger partial charge on any atom is -0.334 e. The molecule has 2 heterocycles. The smallest absolute Gasteiger partial charge is 0.278 e. The molecule has 4 rings (SSSR count). The summed E-state index contributed by atoms with van der Waals surface area (Å²) >= 11 is 0. The van der Waals surface area contributed by atoms with Gasteiger partial charge in [0.05, 0.1) is 32.2 Å². The highest BCUT2D eigenvalue weighted by Crippen LogP contribution is 2.33. The van der Waals surface area contributed by atoms with Crippen molar-refractivity contribution in [2.75, 3.05) is 44.7 Å². The molecule has 0 saturated carbocycles. The lowest BCUT2D eigenvalue weighted by atomic mass is 9.87. The molecule has 1 aromatic carbocycles. The number of fused-ring (bicyclic) bond motifs is 1. The summed E-state index contributed by atoms with van der Waals surface area (Å²) in [6.07, 6.45) is 6.91. The first-order chi connectivity index (χ1) is 13.2. The van der Waals surface area contributed by atoms with Gasteiger partial charge in [-0.05, 0) is 36.5 Å². The molecule has 1 saturated heterocycles. The van der Waals surface area contributed by atoms with Gasteiger partial charge in [0, 0.05) is 19.4 Å². The third kappa shape index (κ3) is 3.95. The second-order valence-corrected chi connectivity index (χ2v) is 7.57. The Morgan fingerprint density at radius 1 is 1.19 bits per heavy atom. The molecule has 0 unspecified atom stereocenters. The van der Waals surface area contributed by atoms with Crippen molar-refractivity contribution in [2.24, 2.45) is 0 Å². The van der Waals surface area contributed by atoms with Crippen LogP contribution in [0.1, 0.15) is 30.0 Å². The number of benzene rings is 1. The maximum Gasteiger partial charge on any atom is 0.278 e. The lowest BCUT2D eigenvalue weighted by Crippen LogP contribution is -3.15. The lowest BCUT2D eigenvalue weighted by Gasteiger charge is -2.35. The van der Waals surface area contributed by atoms with Crippen molar-refractivity contribution in [2.45, 2.75) is 25.3 Å². The van der Waals surface area contributed by atoms with Crippen molar-refractivity contribution < 1.29 is 9.69 Å². The quantitative estimate of drug-likeness (QED) is 0.866. The third-order valence-electron chi connectivity index (χ3n) is 5.91. The Labute approximate surface area is 160 Å². The van der Waals surface area contributed by atoms with E-state index in [9.17, 15) is 4.79 Å². The van der Waals surface area contributed by atoms with Crippen LogP contribution in [0.25, 0.3) is 0 Å². The zero-order valence-electron chi connectivity index (χ0n) is 16.0. The number of nitrogens with one attached hydrogen (secondary N) is 1. The molecular formula is C21H28N5O+. The van der Waals surface area contributed by atoms with Gasteiger partial charge in [0.1, 0.15) is 0 Å². The second-order valence-electron chi connectivity index (χ2n) is 7.57. The van der Waals surface area contributed by atoms with Gasteiger partial charge in [0.2, 0.25) is 5.95 Å². The highest BCUT2D eigenvalue weighted by Gasteiger charge is 2.30. The SMILES string of the molecule is CN(C(=O)C[NH+]1CCN(c2ncccn2)CC1)[C@@H]1CCCc2ccccc21. The summed E-state index contributed by atoms with van der Waals surface area (Å²) in [7, 11) is 1.97. The van der Waals surface area contributed by atoms with Crippen molar-refractivity contribution >= 4 is 11.9 Å². The molecule has 2 aliphatic rings. The number of carbonyl (C=O) groups is 1. The number of anilines is 1. The summed E-state index contributed by atoms with van der Waals surface area (Å²) in [5.41, 5.74) is 2.73. The van der Waals surface area contributed by atoms with Gasteiger partial charge in [0.25, 0.3) is 5.91 Å². The average Bonchev–Trinajstić information content (AvgIpc) is 2.74. The Morgan fingerprint density at radius 2 is 1.93 bits per heavy atom. The summed E-state index contributed by atoms with van der Waals surface area (Å²) in [6, 6.07) is 10.6. The summed E-state index contributed by atoms with van der Waals surface area (Å²) in [6.45, 7) is 4.24. The summed E-state index contributed by atoms with van der Waals surface area (Å²) < 4.78 is 0. The van der Waals surface area contributed by atoms with E-state index in [1.165, 1.54) is 16.0 Å². The van der Waals surface area contributed by atoms with Gasteiger partial charge in [-0.3, -0.25) is 4.79 Å². The highest BCUT2D eigenvalue weighted by atomic mass is 16.2. The fraction of sp³-hybridized carbons (Fsp3) is 0.476. The molecular weight excluding hydrogens is 338 g/mol. The molecule has 0 bridgehead atoms. The van der Waals surface area contributed by atoms with Gasteiger partial charge in [-0.15, -0.1) is 0 Å². The highest BCUT2D eigenvalue weighted by molar-refractivity contribution is 5.77. The van der Waals surface area contributed by atoms with Gasteiger partial charge >= 0.3 is 0 Å². The van der Waals surface area contributed by atoms with Gasteiger partial charge in [-0.25, -0.2) is 9.97 Å². The zero-order chi connectivity index (χ0) is 18.6. The molecule has 1 fully saturated rings. The summed E-state index contributed by atoms with van der Waals surface area (Å²) in [5, 5.41) is 0. The van der Waals surface area contributed by atoms with Crippen LogP contribution in [0.15, 0.2) is 42.7 Å². The van der Waals surface area contributed by atoms with Crippen LogP contribution >= 0.6 is 0 Å². The molecule has 1 amide bonds. The van der Waals surface area contributed by atoms with Crippen LogP contribution in [-0.2, 0) is 11.2 Å². The number of hydrogen-bond acceptors (Lipinski definition) is 4. The van der Waals surface area contributed by atoms with Crippen molar-refractivity contribution in [1.82, 2.24) is 14.9 Å². The molecule has 0 radical (unpaired) electrons. The van der Waals surface area contributed by atoms with Crippen LogP contribution in [0, 0.1) is 0 Å². The molecule has 1 atom stereocenters. The van der Waals surface area contributed by atoms with E-state index in [0.717, 1.165) is 51.4 Å². The number of quaternary nitrogens is 1. The topological polar surface area (TPSA) is 53.8 Å². The molecule has 142 valence electrons. The van der Waals surface area contributed by atoms with E-state index in [1.54, 1.807) is 12.4 Å². The average molecular weight is 366 g/mol. The number of rotatable bonds is 4. The van der Waals surface area contributed by atoms with Crippen molar-refractivity contribution in [3.05, 3.63) is 53.9 Å². The molecule has 1 N–H and O–H groups in total. The van der Waals surface area contributed by atoms with E-state index in [4.69, 9.17) is 0 Å². The van der Waals surface area contributed by atoms with Crippen LogP contribution in [-0.4, -0.2) is 60.5 Å². The van der Waals surface area contributed by atoms with Crippen molar-refractivity contribution in [3.63, 3.8) is 0 Å². The van der Waals surface area contributed by atoms with E-state index in [-0.39, 0.29) is 11.9 Å². The predicted octanol–water partition coefficient (Wildman–Crippen LogP) is 0.718. The largest absolute Gasteiger partial charge is 0.334 e. The van der Waals surface area contributed by atoms with Crippen LogP contribution in [0.4, 0.5) is 5.95 Å². The number of hydrogen-bond donors (Lipinski definition) is 1. The first-order valence-electron chi connectivity index (χ1n) is 9.91. The molecule has 0 spiro atoms. The maximum absolute atomic E-state index is 12.9. The molecule has 1 aliphatic carbocycles. The van der Waals surface area contributed by atoms with E-state index in [0.29, 0.717) is 6.54 Å². The number of carbonyl (C=O) groups excluding carboxylic acids is 1. The fourth-order valence-corrected chi connectivity index (χ4v) is 4.30. The number of aromatic nitrogens is 2. The Morgan fingerprint density at radius 3 is 2.70 bits per heavy atom. The van der Waals surface area contributed by atoms with Crippen molar-refractivity contribution in [1.29, 1.82) is 0 Å². The number of piperazine rings is 1. The molecule has 6 heteroatoms. The first-order valence-corrected chi connectivity index (χ1v) is 9.91. The number of aryl methyl sites for hydroxylation is 1. The minimum absolute atomic E-state index is 0.223. The monoisotopic (exact) mass is 366 g/mol. The summed E-state index contributed by atoms with van der Waals surface area (Å²) in [5.74, 6) is 1.04. The maximum atomic E-state index is 12.9. The third-order valence-corrected chi connectivity index (χ3v) is 5.91. The van der Waals surface area contributed by atoms with E-state index >= 15 is 0 Å². The standard InChI is InChI=1S/C21H27N5O/c1-24(19-9-4-7-17-6-2-3-8-18(17)19)20(27)16-25-12-14-26(15-13-25)21-22-10-5-11-23-21/h2-3,5-6,8,10-11,19H,4,7,9,12-16H2,1H3/p+1/t19-/m1/s1. The van der Waals surface area contributed by atoms with E-state index in [2.05, 4.69) is 39.1 Å². The van der Waals surface area contributed by atoms with Gasteiger partial charge in [0.15, 0.2) is 6.54 Å². The van der Waals surface area contributed by atoms with Crippen molar-refractivity contribution in [3.8, 4) is 0 Å². The predicted molar refractivity (Wildman–Crippen MR) is 105 cm³/mol. The van der Waals surface area contributed by atoms with Gasteiger partial charge in [-0.1, -0.05) is 24.3 Å². The Bertz CT molecular complexity index is 773. The fourth-order valence-electron chi connectivity index (χ4n) is 4.30. The first kappa shape index (κ1) is 17.9. The molecule has 1 aliphatic heterocycles. The normalized spacial score (nSPS) is 20.2. The second kappa shape index (κ2) is 8.05. The van der Waals surface area contributed by atoms with Crippen LogP contribution in [0.3, 0.4) is 0 Å². The van der Waals surface area contributed by atoms with Gasteiger partial charge < -0.3 is 14.7 Å².